The Morgan fingerprint density at radius 2 is 1.95 bits per heavy atom. The number of amides is 1. The molecule has 6 heteroatoms. The highest BCUT2D eigenvalue weighted by Crippen LogP contribution is 2.21. The van der Waals surface area contributed by atoms with E-state index in [-0.39, 0.29) is 24.1 Å². The van der Waals surface area contributed by atoms with Gasteiger partial charge in [-0.1, -0.05) is 6.07 Å². The zero-order valence-electron chi connectivity index (χ0n) is 11.0. The molecule has 1 unspecified atom stereocenters. The molecule has 3 N–H and O–H groups in total. The second-order valence-corrected chi connectivity index (χ2v) is 4.62. The number of nitrogens with two attached hydrogens (primary N) is 1. The Kier molecular flexibility index (Phi) is 5.44. The average molecular weight is 286 g/mol. The monoisotopic (exact) mass is 285 g/mol. The third-order valence-electron chi connectivity index (χ3n) is 3.18. The normalized spacial score (nSPS) is 16.7. The summed E-state index contributed by atoms with van der Waals surface area (Å²) in [4.78, 5) is 15.7. The number of carbonyl (C=O) groups is 1. The minimum atomic E-state index is -0.433. The average Bonchev–Trinajstić information content (AvgIpc) is 2.38. The maximum atomic E-state index is 11.7. The molecular weight excluding hydrogens is 266 g/mol. The molecule has 1 saturated heterocycles. The lowest BCUT2D eigenvalue weighted by molar-refractivity contribution is -0.132. The summed E-state index contributed by atoms with van der Waals surface area (Å²) in [6, 6.07) is 6.74. The lowest BCUT2D eigenvalue weighted by Gasteiger charge is -2.36. The molecule has 0 aromatic heterocycles. The number of halogens is 1. The summed E-state index contributed by atoms with van der Waals surface area (Å²) in [6.07, 6.45) is 0. The van der Waals surface area contributed by atoms with E-state index in [1.807, 2.05) is 12.1 Å². The number of hydrogen-bond donors (Lipinski definition) is 2. The molecule has 0 radical (unpaired) electrons. The fourth-order valence-electron chi connectivity index (χ4n) is 2.16. The molecule has 0 saturated carbocycles. The van der Waals surface area contributed by atoms with Crippen molar-refractivity contribution in [3.8, 4) is 5.75 Å². The van der Waals surface area contributed by atoms with E-state index < -0.39 is 6.04 Å². The van der Waals surface area contributed by atoms with E-state index in [4.69, 9.17) is 5.73 Å². The van der Waals surface area contributed by atoms with Gasteiger partial charge in [0.15, 0.2) is 0 Å². The van der Waals surface area contributed by atoms with Gasteiger partial charge in [-0.2, -0.15) is 0 Å². The standard InChI is InChI=1S/C13H19N3O2.ClH/c1-10(14)13(18)16-7-5-15(6-8-16)11-3-2-4-12(17)9-11;/h2-4,9-10,17H,5-8,14H2,1H3;1H. The van der Waals surface area contributed by atoms with Gasteiger partial charge in [0.05, 0.1) is 6.04 Å². The third-order valence-corrected chi connectivity index (χ3v) is 3.18. The van der Waals surface area contributed by atoms with Gasteiger partial charge in [-0.05, 0) is 19.1 Å². The molecule has 106 valence electrons. The summed E-state index contributed by atoms with van der Waals surface area (Å²) in [5.74, 6) is 0.271. The molecule has 1 aliphatic heterocycles. The van der Waals surface area contributed by atoms with Crippen LogP contribution in [0.5, 0.6) is 5.75 Å². The fourth-order valence-corrected chi connectivity index (χ4v) is 2.16. The number of carbonyl (C=O) groups excluding carboxylic acids is 1. The highest BCUT2D eigenvalue weighted by molar-refractivity contribution is 5.85. The maximum Gasteiger partial charge on any atom is 0.239 e. The number of benzene rings is 1. The molecule has 5 nitrogen and oxygen atoms in total. The molecule has 0 bridgehead atoms. The summed E-state index contributed by atoms with van der Waals surface area (Å²) in [6.45, 7) is 4.60. The van der Waals surface area contributed by atoms with Crippen molar-refractivity contribution in [1.29, 1.82) is 0 Å². The molecule has 1 atom stereocenters. The fraction of sp³-hybridized carbons (Fsp3) is 0.462. The van der Waals surface area contributed by atoms with E-state index in [1.165, 1.54) is 0 Å². The highest BCUT2D eigenvalue weighted by atomic mass is 35.5. The first-order valence-electron chi connectivity index (χ1n) is 6.16. The van der Waals surface area contributed by atoms with Crippen LogP contribution in [-0.4, -0.2) is 48.1 Å². The number of phenolic OH excluding ortho intramolecular Hbond substituents is 1. The van der Waals surface area contributed by atoms with Gasteiger partial charge < -0.3 is 20.6 Å². The van der Waals surface area contributed by atoms with Crippen LogP contribution < -0.4 is 10.6 Å². The van der Waals surface area contributed by atoms with Crippen LogP contribution in [0, 0.1) is 0 Å². The van der Waals surface area contributed by atoms with Gasteiger partial charge in [-0.25, -0.2) is 0 Å². The Labute approximate surface area is 119 Å². The number of anilines is 1. The molecule has 1 amide bonds. The minimum absolute atomic E-state index is 0. The molecule has 2 rings (SSSR count). The number of aromatic hydroxyl groups is 1. The summed E-state index contributed by atoms with van der Waals surface area (Å²) in [7, 11) is 0. The van der Waals surface area contributed by atoms with E-state index in [0.29, 0.717) is 13.1 Å². The van der Waals surface area contributed by atoms with Crippen LogP contribution in [0.15, 0.2) is 24.3 Å². The van der Waals surface area contributed by atoms with Gasteiger partial charge >= 0.3 is 0 Å². The molecule has 0 aliphatic carbocycles. The smallest absolute Gasteiger partial charge is 0.239 e. The van der Waals surface area contributed by atoms with Gasteiger partial charge in [-0.15, -0.1) is 12.4 Å². The second-order valence-electron chi connectivity index (χ2n) is 4.62. The number of hydrogen-bond acceptors (Lipinski definition) is 4. The molecule has 1 aliphatic rings. The Balaban J connectivity index is 0.00000180. The van der Waals surface area contributed by atoms with E-state index >= 15 is 0 Å². The lowest BCUT2D eigenvalue weighted by Crippen LogP contribution is -2.52. The number of phenols is 1. The van der Waals surface area contributed by atoms with Crippen LogP contribution in [0.25, 0.3) is 0 Å². The summed E-state index contributed by atoms with van der Waals surface area (Å²) >= 11 is 0. The molecule has 1 aromatic carbocycles. The van der Waals surface area contributed by atoms with Gasteiger partial charge in [-0.3, -0.25) is 4.79 Å². The summed E-state index contributed by atoms with van der Waals surface area (Å²) < 4.78 is 0. The van der Waals surface area contributed by atoms with Gasteiger partial charge in [0.25, 0.3) is 0 Å². The van der Waals surface area contributed by atoms with Crippen molar-refractivity contribution in [1.82, 2.24) is 4.90 Å². The number of rotatable bonds is 2. The van der Waals surface area contributed by atoms with Crippen molar-refractivity contribution in [3.05, 3.63) is 24.3 Å². The quantitative estimate of drug-likeness (QED) is 0.844. The van der Waals surface area contributed by atoms with Crippen LogP contribution in [-0.2, 0) is 4.79 Å². The third kappa shape index (κ3) is 3.75. The zero-order chi connectivity index (χ0) is 13.1. The number of nitrogens with zero attached hydrogens (tertiary/aromatic N) is 2. The molecule has 1 fully saturated rings. The van der Waals surface area contributed by atoms with Gasteiger partial charge in [0, 0.05) is 37.9 Å². The Hall–Kier alpha value is -1.46. The minimum Gasteiger partial charge on any atom is -0.508 e. The largest absolute Gasteiger partial charge is 0.508 e. The van der Waals surface area contributed by atoms with Crippen molar-refractivity contribution in [3.63, 3.8) is 0 Å². The van der Waals surface area contributed by atoms with Crippen LogP contribution in [0.1, 0.15) is 6.92 Å². The van der Waals surface area contributed by atoms with Crippen molar-refractivity contribution >= 4 is 24.0 Å². The van der Waals surface area contributed by atoms with Crippen LogP contribution in [0.4, 0.5) is 5.69 Å². The Morgan fingerprint density at radius 1 is 1.32 bits per heavy atom. The zero-order valence-corrected chi connectivity index (χ0v) is 11.8. The first kappa shape index (κ1) is 15.6. The lowest BCUT2D eigenvalue weighted by atomic mass is 10.2. The van der Waals surface area contributed by atoms with Crippen LogP contribution in [0.2, 0.25) is 0 Å². The van der Waals surface area contributed by atoms with E-state index in [1.54, 1.807) is 24.0 Å². The van der Waals surface area contributed by atoms with E-state index in [0.717, 1.165) is 18.8 Å². The van der Waals surface area contributed by atoms with E-state index in [2.05, 4.69) is 4.90 Å². The van der Waals surface area contributed by atoms with Crippen LogP contribution >= 0.6 is 12.4 Å². The second kappa shape index (κ2) is 6.63. The predicted octanol–water partition coefficient (Wildman–Crippen LogP) is 0.810. The predicted molar refractivity (Wildman–Crippen MR) is 77.8 cm³/mol. The van der Waals surface area contributed by atoms with Crippen molar-refractivity contribution in [2.24, 2.45) is 5.73 Å². The molecule has 19 heavy (non-hydrogen) atoms. The molecule has 1 heterocycles. The SMILES string of the molecule is CC(N)C(=O)N1CCN(c2cccc(O)c2)CC1.Cl. The van der Waals surface area contributed by atoms with Crippen molar-refractivity contribution in [2.75, 3.05) is 31.1 Å². The first-order chi connectivity index (χ1) is 8.58. The molecular formula is C13H20ClN3O2. The topological polar surface area (TPSA) is 69.8 Å². The van der Waals surface area contributed by atoms with E-state index in [9.17, 15) is 9.90 Å². The Morgan fingerprint density at radius 3 is 2.47 bits per heavy atom. The summed E-state index contributed by atoms with van der Waals surface area (Å²) in [5, 5.41) is 9.45. The summed E-state index contributed by atoms with van der Waals surface area (Å²) in [5.41, 5.74) is 6.58. The molecule has 0 spiro atoms. The van der Waals surface area contributed by atoms with Crippen molar-refractivity contribution < 1.29 is 9.90 Å². The maximum absolute atomic E-state index is 11.7. The Bertz CT molecular complexity index is 432. The van der Waals surface area contributed by atoms with Gasteiger partial charge in [0.1, 0.15) is 5.75 Å². The number of piperazine rings is 1. The first-order valence-corrected chi connectivity index (χ1v) is 6.16. The van der Waals surface area contributed by atoms with Crippen LogP contribution in [0.3, 0.4) is 0 Å². The molecule has 1 aromatic rings. The van der Waals surface area contributed by atoms with Crippen molar-refractivity contribution in [2.45, 2.75) is 13.0 Å². The van der Waals surface area contributed by atoms with Gasteiger partial charge in [0.2, 0.25) is 5.91 Å². The highest BCUT2D eigenvalue weighted by Gasteiger charge is 2.23.